The number of rotatable bonds is 18. The van der Waals surface area contributed by atoms with Gasteiger partial charge in [0, 0.05) is 36.9 Å². The molecule has 0 spiro atoms. The number of amides is 8. The van der Waals surface area contributed by atoms with E-state index in [1.807, 2.05) is 0 Å². The Bertz CT molecular complexity index is 2740. The van der Waals surface area contributed by atoms with E-state index in [4.69, 9.17) is 24.4 Å². The van der Waals surface area contributed by atoms with E-state index in [0.29, 0.717) is 41.8 Å². The van der Waals surface area contributed by atoms with E-state index in [2.05, 4.69) is 36.3 Å². The summed E-state index contributed by atoms with van der Waals surface area (Å²) in [5.41, 5.74) is 6.85. The number of carbonyl (C=O) groups excluding carboxylic acids is 8. The molecule has 2 aliphatic rings. The molecule has 22 heteroatoms. The zero-order chi connectivity index (χ0) is 47.8. The van der Waals surface area contributed by atoms with Gasteiger partial charge in [-0.25, -0.2) is 19.4 Å². The van der Waals surface area contributed by atoms with Gasteiger partial charge in [-0.3, -0.25) is 49.1 Å². The SMILES string of the molecule is CC(C)(C)OC(=O)Nc1cc(-c2nc(C(=O)Nc3cn(-c4ccc(C(=O)NCCOCCOCCCc5cccc6c5C(=O)N(C5CCC(=O)NC5=O)C6=O)cc4)nc3C(N)=O)co2)ccn1. The number of imide groups is 2. The van der Waals surface area contributed by atoms with Crippen LogP contribution in [-0.4, -0.2) is 117 Å². The molecule has 1 fully saturated rings. The third-order valence-electron chi connectivity index (χ3n) is 10.2. The lowest BCUT2D eigenvalue weighted by atomic mass is 9.99. The van der Waals surface area contributed by atoms with Crippen molar-refractivity contribution < 1.29 is 57.0 Å². The lowest BCUT2D eigenvalue weighted by molar-refractivity contribution is -0.136. The summed E-state index contributed by atoms with van der Waals surface area (Å²) in [5.74, 6) is -3.98. The molecule has 0 saturated carbocycles. The highest BCUT2D eigenvalue weighted by Gasteiger charge is 2.45. The summed E-state index contributed by atoms with van der Waals surface area (Å²) in [6.07, 6.45) is 4.34. The zero-order valence-corrected chi connectivity index (χ0v) is 36.6. The summed E-state index contributed by atoms with van der Waals surface area (Å²) in [7, 11) is 0. The lowest BCUT2D eigenvalue weighted by Gasteiger charge is -2.27. The fraction of sp³-hybridized carbons (Fsp3) is 0.311. The summed E-state index contributed by atoms with van der Waals surface area (Å²) in [5, 5.41) is 14.3. The van der Waals surface area contributed by atoms with Gasteiger partial charge < -0.3 is 35.0 Å². The molecule has 348 valence electrons. The Morgan fingerprint density at radius 1 is 0.925 bits per heavy atom. The van der Waals surface area contributed by atoms with Crippen LogP contribution in [0, 0.1) is 0 Å². The van der Waals surface area contributed by atoms with Crippen LogP contribution in [0.15, 0.2) is 77.7 Å². The van der Waals surface area contributed by atoms with Gasteiger partial charge in [-0.2, -0.15) is 5.10 Å². The Labute approximate surface area is 381 Å². The number of nitrogens with two attached hydrogens (primary N) is 1. The fourth-order valence-corrected chi connectivity index (χ4v) is 7.10. The summed E-state index contributed by atoms with van der Waals surface area (Å²) < 4.78 is 23.3. The number of oxazole rings is 1. The molecule has 1 unspecified atom stereocenters. The van der Waals surface area contributed by atoms with Crippen LogP contribution in [0.4, 0.5) is 16.3 Å². The highest BCUT2D eigenvalue weighted by molar-refractivity contribution is 6.24. The third-order valence-corrected chi connectivity index (χ3v) is 10.2. The van der Waals surface area contributed by atoms with Crippen LogP contribution in [0.3, 0.4) is 0 Å². The van der Waals surface area contributed by atoms with E-state index in [1.54, 1.807) is 69.3 Å². The normalized spacial score (nSPS) is 14.7. The Morgan fingerprint density at radius 2 is 1.69 bits per heavy atom. The van der Waals surface area contributed by atoms with Gasteiger partial charge in [-0.05, 0) is 88.1 Å². The monoisotopic (exact) mass is 918 g/mol. The number of aromatic nitrogens is 4. The highest BCUT2D eigenvalue weighted by atomic mass is 16.6. The second-order valence-electron chi connectivity index (χ2n) is 16.2. The molecule has 7 rings (SSSR count). The first kappa shape index (κ1) is 46.9. The first-order chi connectivity index (χ1) is 32.1. The van der Waals surface area contributed by atoms with E-state index >= 15 is 0 Å². The summed E-state index contributed by atoms with van der Waals surface area (Å²) in [6.45, 7) is 6.51. The number of anilines is 2. The molecule has 1 saturated heterocycles. The quantitative estimate of drug-likeness (QED) is 0.0622. The van der Waals surface area contributed by atoms with Crippen LogP contribution in [0.5, 0.6) is 0 Å². The molecule has 2 aliphatic heterocycles. The summed E-state index contributed by atoms with van der Waals surface area (Å²) >= 11 is 0. The van der Waals surface area contributed by atoms with Crippen molar-refractivity contribution in [3.63, 3.8) is 0 Å². The van der Waals surface area contributed by atoms with Gasteiger partial charge in [-0.15, -0.1) is 0 Å². The number of hydrogen-bond acceptors (Lipinski definition) is 15. The molecule has 6 N–H and O–H groups in total. The predicted octanol–water partition coefficient (Wildman–Crippen LogP) is 3.42. The Balaban J connectivity index is 0.822. The van der Waals surface area contributed by atoms with Crippen molar-refractivity contribution in [3.8, 4) is 17.1 Å². The maximum Gasteiger partial charge on any atom is 0.413 e. The molecule has 8 amide bonds. The molecule has 5 heterocycles. The molecule has 2 aromatic carbocycles. The first-order valence-corrected chi connectivity index (χ1v) is 21.1. The van der Waals surface area contributed by atoms with Crippen molar-refractivity contribution in [2.45, 2.75) is 58.1 Å². The van der Waals surface area contributed by atoms with E-state index in [-0.39, 0.29) is 85.0 Å². The van der Waals surface area contributed by atoms with Crippen LogP contribution >= 0.6 is 0 Å². The number of ether oxygens (including phenoxy) is 3. The molecule has 3 aromatic heterocycles. The molecule has 0 bridgehead atoms. The van der Waals surface area contributed by atoms with E-state index in [0.717, 1.165) is 11.2 Å². The predicted molar refractivity (Wildman–Crippen MR) is 235 cm³/mol. The van der Waals surface area contributed by atoms with Crippen LogP contribution in [0.1, 0.15) is 97.6 Å². The number of piperidine rings is 1. The number of aryl methyl sites for hydroxylation is 1. The molecular formula is C45H46N10O12. The van der Waals surface area contributed by atoms with Crippen molar-refractivity contribution in [1.29, 1.82) is 0 Å². The molecule has 5 aromatic rings. The minimum atomic E-state index is -1.03. The number of nitrogens with zero attached hydrogens (tertiary/aromatic N) is 5. The van der Waals surface area contributed by atoms with Crippen molar-refractivity contribution >= 4 is 58.9 Å². The third kappa shape index (κ3) is 11.4. The number of fused-ring (bicyclic) bond motifs is 1. The Hall–Kier alpha value is -8.11. The van der Waals surface area contributed by atoms with Gasteiger partial charge in [0.2, 0.25) is 17.7 Å². The number of pyridine rings is 1. The van der Waals surface area contributed by atoms with Gasteiger partial charge >= 0.3 is 6.09 Å². The number of carbonyl (C=O) groups is 8. The average molecular weight is 919 g/mol. The van der Waals surface area contributed by atoms with Crippen LogP contribution in [-0.2, 0) is 30.2 Å². The van der Waals surface area contributed by atoms with Crippen molar-refractivity contribution in [3.05, 3.63) is 107 Å². The number of benzene rings is 2. The maximum absolute atomic E-state index is 13.3. The van der Waals surface area contributed by atoms with E-state index in [1.165, 1.54) is 23.1 Å². The van der Waals surface area contributed by atoms with E-state index < -0.39 is 53.2 Å². The Morgan fingerprint density at radius 3 is 2.42 bits per heavy atom. The molecule has 1 atom stereocenters. The molecule has 67 heavy (non-hydrogen) atoms. The van der Waals surface area contributed by atoms with Crippen molar-refractivity contribution in [1.82, 2.24) is 35.3 Å². The Kier molecular flexibility index (Phi) is 14.3. The second kappa shape index (κ2) is 20.4. The maximum atomic E-state index is 13.3. The van der Waals surface area contributed by atoms with Gasteiger partial charge in [0.25, 0.3) is 29.5 Å². The van der Waals surface area contributed by atoms with Gasteiger partial charge in [0.1, 0.15) is 23.7 Å². The van der Waals surface area contributed by atoms with Gasteiger partial charge in [0.15, 0.2) is 11.4 Å². The van der Waals surface area contributed by atoms with Crippen LogP contribution in [0.2, 0.25) is 0 Å². The van der Waals surface area contributed by atoms with Crippen molar-refractivity contribution in [2.24, 2.45) is 5.73 Å². The number of hydrogen-bond donors (Lipinski definition) is 5. The first-order valence-electron chi connectivity index (χ1n) is 21.1. The van der Waals surface area contributed by atoms with E-state index in [9.17, 15) is 38.4 Å². The van der Waals surface area contributed by atoms with Crippen LogP contribution < -0.4 is 27.0 Å². The standard InChI is InChI=1S/C45H46N10O12/c1-45(2,3)67-44(63)51-33-22-27(15-16-47-33)41-50-31(24-66-41)39(59)49-30-23-54(53-36(30)37(46)57)28-11-9-26(10-12-28)38(58)48-17-19-65-21-20-64-18-5-7-25-6-4-8-29-35(25)43(62)55(42(29)61)32-13-14-34(56)52-40(32)60/h4,6,8-12,15-16,22-24,32H,5,7,13-14,17-21H2,1-3H3,(H2,46,57)(H,48,58)(H,49,59)(H,47,51,63)(H,52,56,60). The summed E-state index contributed by atoms with van der Waals surface area (Å²) in [6, 6.07) is 13.3. The minimum Gasteiger partial charge on any atom is -0.444 e. The topological polar surface area (TPSA) is 298 Å². The molecular weight excluding hydrogens is 873 g/mol. The fourth-order valence-electron chi connectivity index (χ4n) is 7.10. The largest absolute Gasteiger partial charge is 0.444 e. The second-order valence-corrected chi connectivity index (χ2v) is 16.2. The molecule has 22 nitrogen and oxygen atoms in total. The molecule has 0 aliphatic carbocycles. The van der Waals surface area contributed by atoms with Gasteiger partial charge in [-0.1, -0.05) is 12.1 Å². The minimum absolute atomic E-state index is 0.00452. The zero-order valence-electron chi connectivity index (χ0n) is 36.6. The van der Waals surface area contributed by atoms with Crippen LogP contribution in [0.25, 0.3) is 17.1 Å². The smallest absolute Gasteiger partial charge is 0.413 e. The molecule has 0 radical (unpaired) electrons. The summed E-state index contributed by atoms with van der Waals surface area (Å²) in [4.78, 5) is 110. The van der Waals surface area contributed by atoms with Gasteiger partial charge in [0.05, 0.1) is 48.5 Å². The van der Waals surface area contributed by atoms with Crippen molar-refractivity contribution in [2.75, 3.05) is 43.6 Å². The average Bonchev–Trinajstić information content (AvgIpc) is 4.01. The number of primary amides is 1. The lowest BCUT2D eigenvalue weighted by Crippen LogP contribution is -2.54. The highest BCUT2D eigenvalue weighted by Crippen LogP contribution is 2.31. The number of nitrogens with one attached hydrogen (secondary N) is 4.